The molecule has 0 unspecified atom stereocenters. The van der Waals surface area contributed by atoms with Crippen LogP contribution < -0.4 is 10.1 Å². The van der Waals surface area contributed by atoms with Crippen molar-refractivity contribution >= 4 is 0 Å². The standard InChI is InChI=1S/C14H17N3O/c1-2-8-15-10-12-5-3-7-14(17-12)18-13-6-4-9-16-11-13/h3-7,9,11,15H,2,8,10H2,1H3. The van der Waals surface area contributed by atoms with Crippen LogP contribution in [0.15, 0.2) is 42.7 Å². The van der Waals surface area contributed by atoms with Gasteiger partial charge < -0.3 is 10.1 Å². The predicted molar refractivity (Wildman–Crippen MR) is 70.5 cm³/mol. The highest BCUT2D eigenvalue weighted by molar-refractivity contribution is 5.24. The van der Waals surface area contributed by atoms with Gasteiger partial charge in [0.05, 0.1) is 11.9 Å². The maximum Gasteiger partial charge on any atom is 0.219 e. The largest absolute Gasteiger partial charge is 0.437 e. The zero-order valence-electron chi connectivity index (χ0n) is 10.5. The van der Waals surface area contributed by atoms with Crippen molar-refractivity contribution in [1.29, 1.82) is 0 Å². The molecule has 2 aromatic rings. The Labute approximate surface area is 107 Å². The summed E-state index contributed by atoms with van der Waals surface area (Å²) in [5, 5.41) is 3.31. The van der Waals surface area contributed by atoms with Crippen LogP contribution in [0.3, 0.4) is 0 Å². The fraction of sp³-hybridized carbons (Fsp3) is 0.286. The van der Waals surface area contributed by atoms with Crippen molar-refractivity contribution < 1.29 is 4.74 Å². The number of hydrogen-bond acceptors (Lipinski definition) is 4. The summed E-state index contributed by atoms with van der Waals surface area (Å²) in [5.74, 6) is 1.29. The Balaban J connectivity index is 1.99. The third-order valence-electron chi connectivity index (χ3n) is 2.37. The van der Waals surface area contributed by atoms with E-state index in [0.717, 1.165) is 25.2 Å². The quantitative estimate of drug-likeness (QED) is 0.792. The number of nitrogens with zero attached hydrogens (tertiary/aromatic N) is 2. The van der Waals surface area contributed by atoms with Gasteiger partial charge in [0.15, 0.2) is 0 Å². The fourth-order valence-electron chi connectivity index (χ4n) is 1.53. The third-order valence-corrected chi connectivity index (χ3v) is 2.37. The molecule has 0 radical (unpaired) electrons. The molecule has 0 amide bonds. The van der Waals surface area contributed by atoms with E-state index in [1.54, 1.807) is 12.4 Å². The van der Waals surface area contributed by atoms with Crippen LogP contribution in [-0.4, -0.2) is 16.5 Å². The highest BCUT2D eigenvalue weighted by atomic mass is 16.5. The maximum atomic E-state index is 5.62. The third kappa shape index (κ3) is 3.82. The van der Waals surface area contributed by atoms with Gasteiger partial charge in [0.25, 0.3) is 0 Å². The molecule has 2 rings (SSSR count). The molecule has 2 aromatic heterocycles. The zero-order chi connectivity index (χ0) is 12.6. The Morgan fingerprint density at radius 2 is 2.17 bits per heavy atom. The van der Waals surface area contributed by atoms with Crippen molar-refractivity contribution in [3.63, 3.8) is 0 Å². The Morgan fingerprint density at radius 3 is 2.94 bits per heavy atom. The fourth-order valence-corrected chi connectivity index (χ4v) is 1.53. The van der Waals surface area contributed by atoms with E-state index in [2.05, 4.69) is 22.2 Å². The molecule has 18 heavy (non-hydrogen) atoms. The molecule has 0 aliphatic heterocycles. The van der Waals surface area contributed by atoms with Gasteiger partial charge in [-0.05, 0) is 31.2 Å². The molecule has 0 spiro atoms. The summed E-state index contributed by atoms with van der Waals surface area (Å²) in [5.41, 5.74) is 0.977. The smallest absolute Gasteiger partial charge is 0.219 e. The summed E-state index contributed by atoms with van der Waals surface area (Å²) in [6.07, 6.45) is 4.50. The van der Waals surface area contributed by atoms with Crippen LogP contribution in [0.4, 0.5) is 0 Å². The summed E-state index contributed by atoms with van der Waals surface area (Å²) >= 11 is 0. The minimum atomic E-state index is 0.596. The van der Waals surface area contributed by atoms with E-state index in [0.29, 0.717) is 11.6 Å². The van der Waals surface area contributed by atoms with Crippen LogP contribution in [0.2, 0.25) is 0 Å². The van der Waals surface area contributed by atoms with Gasteiger partial charge >= 0.3 is 0 Å². The molecule has 4 nitrogen and oxygen atoms in total. The number of pyridine rings is 2. The molecular weight excluding hydrogens is 226 g/mol. The van der Waals surface area contributed by atoms with E-state index < -0.39 is 0 Å². The average Bonchev–Trinajstić information content (AvgIpc) is 2.41. The maximum absolute atomic E-state index is 5.62. The molecule has 0 fully saturated rings. The number of aromatic nitrogens is 2. The predicted octanol–water partition coefficient (Wildman–Crippen LogP) is 2.77. The van der Waals surface area contributed by atoms with Gasteiger partial charge in [0.2, 0.25) is 5.88 Å². The lowest BCUT2D eigenvalue weighted by Gasteiger charge is -2.06. The second kappa shape index (κ2) is 6.71. The van der Waals surface area contributed by atoms with Gasteiger partial charge in [-0.3, -0.25) is 4.98 Å². The number of rotatable bonds is 6. The van der Waals surface area contributed by atoms with E-state index in [4.69, 9.17) is 4.74 Å². The highest BCUT2D eigenvalue weighted by Crippen LogP contribution is 2.17. The minimum Gasteiger partial charge on any atom is -0.437 e. The lowest BCUT2D eigenvalue weighted by atomic mass is 10.3. The van der Waals surface area contributed by atoms with Crippen LogP contribution in [0, 0.1) is 0 Å². The Hall–Kier alpha value is -1.94. The summed E-state index contributed by atoms with van der Waals surface area (Å²) in [6.45, 7) is 3.90. The zero-order valence-corrected chi connectivity index (χ0v) is 10.5. The first-order valence-electron chi connectivity index (χ1n) is 6.13. The van der Waals surface area contributed by atoms with E-state index in [-0.39, 0.29) is 0 Å². The molecule has 0 aromatic carbocycles. The lowest BCUT2D eigenvalue weighted by Crippen LogP contribution is -2.14. The summed E-state index contributed by atoms with van der Waals surface area (Å²) in [4.78, 5) is 8.43. The van der Waals surface area contributed by atoms with Crippen molar-refractivity contribution in [1.82, 2.24) is 15.3 Å². The molecule has 0 aliphatic rings. The van der Waals surface area contributed by atoms with Crippen molar-refractivity contribution in [3.8, 4) is 11.6 Å². The number of ether oxygens (including phenoxy) is 1. The molecule has 1 N–H and O–H groups in total. The first kappa shape index (κ1) is 12.5. The molecule has 2 heterocycles. The van der Waals surface area contributed by atoms with E-state index in [1.165, 1.54) is 0 Å². The molecule has 94 valence electrons. The Morgan fingerprint density at radius 1 is 1.22 bits per heavy atom. The van der Waals surface area contributed by atoms with Crippen LogP contribution in [0.1, 0.15) is 19.0 Å². The second-order valence-corrected chi connectivity index (χ2v) is 3.93. The molecular formula is C14H17N3O. The van der Waals surface area contributed by atoms with Crippen molar-refractivity contribution in [3.05, 3.63) is 48.4 Å². The summed E-state index contributed by atoms with van der Waals surface area (Å²) in [6, 6.07) is 9.47. The number of nitrogens with one attached hydrogen (secondary N) is 1. The molecule has 0 saturated carbocycles. The molecule has 0 aliphatic carbocycles. The van der Waals surface area contributed by atoms with Gasteiger partial charge in [-0.1, -0.05) is 13.0 Å². The SMILES string of the molecule is CCCNCc1cccc(Oc2cccnc2)n1. The first-order chi connectivity index (χ1) is 8.88. The second-order valence-electron chi connectivity index (χ2n) is 3.93. The Bertz CT molecular complexity index is 473. The van der Waals surface area contributed by atoms with E-state index in [1.807, 2.05) is 30.3 Å². The molecule has 0 atom stereocenters. The minimum absolute atomic E-state index is 0.596. The molecule has 4 heteroatoms. The van der Waals surface area contributed by atoms with Crippen LogP contribution >= 0.6 is 0 Å². The van der Waals surface area contributed by atoms with Crippen LogP contribution in [0.25, 0.3) is 0 Å². The average molecular weight is 243 g/mol. The monoisotopic (exact) mass is 243 g/mol. The van der Waals surface area contributed by atoms with E-state index in [9.17, 15) is 0 Å². The highest BCUT2D eigenvalue weighted by Gasteiger charge is 2.00. The topological polar surface area (TPSA) is 47.0 Å². The Kier molecular flexibility index (Phi) is 4.67. The van der Waals surface area contributed by atoms with Gasteiger partial charge in [0, 0.05) is 18.8 Å². The van der Waals surface area contributed by atoms with Crippen LogP contribution in [-0.2, 0) is 6.54 Å². The van der Waals surface area contributed by atoms with E-state index >= 15 is 0 Å². The first-order valence-corrected chi connectivity index (χ1v) is 6.13. The summed E-state index contributed by atoms with van der Waals surface area (Å²) in [7, 11) is 0. The van der Waals surface area contributed by atoms with Gasteiger partial charge in [-0.15, -0.1) is 0 Å². The van der Waals surface area contributed by atoms with Gasteiger partial charge in [-0.2, -0.15) is 0 Å². The van der Waals surface area contributed by atoms with Crippen LogP contribution in [0.5, 0.6) is 11.6 Å². The van der Waals surface area contributed by atoms with Crippen molar-refractivity contribution in [2.24, 2.45) is 0 Å². The normalized spacial score (nSPS) is 10.3. The van der Waals surface area contributed by atoms with Gasteiger partial charge in [-0.25, -0.2) is 4.98 Å². The molecule has 0 bridgehead atoms. The van der Waals surface area contributed by atoms with Crippen molar-refractivity contribution in [2.45, 2.75) is 19.9 Å². The number of hydrogen-bond donors (Lipinski definition) is 1. The van der Waals surface area contributed by atoms with Gasteiger partial charge in [0.1, 0.15) is 5.75 Å². The lowest BCUT2D eigenvalue weighted by molar-refractivity contribution is 0.457. The van der Waals surface area contributed by atoms with Crippen molar-refractivity contribution in [2.75, 3.05) is 6.54 Å². The summed E-state index contributed by atoms with van der Waals surface area (Å²) < 4.78 is 5.62. The molecule has 0 saturated heterocycles.